The molecular formula is C23H28ClN3O. The molecule has 0 aliphatic carbocycles. The molecule has 0 bridgehead atoms. The van der Waals surface area contributed by atoms with E-state index in [1.54, 1.807) is 0 Å². The van der Waals surface area contributed by atoms with E-state index < -0.39 is 0 Å². The number of benzene rings is 2. The number of hydrogen-bond donors (Lipinski definition) is 2. The Morgan fingerprint density at radius 1 is 1.04 bits per heavy atom. The van der Waals surface area contributed by atoms with Gasteiger partial charge in [-0.05, 0) is 61.5 Å². The second-order valence-electron chi connectivity index (χ2n) is 7.63. The van der Waals surface area contributed by atoms with Gasteiger partial charge in [0.05, 0.1) is 30.0 Å². The van der Waals surface area contributed by atoms with Crippen molar-refractivity contribution in [2.75, 3.05) is 24.7 Å². The van der Waals surface area contributed by atoms with Gasteiger partial charge in [-0.15, -0.1) is 0 Å². The quantitative estimate of drug-likeness (QED) is 0.720. The van der Waals surface area contributed by atoms with Gasteiger partial charge in [-0.25, -0.2) is 5.43 Å². The number of piperidine rings is 1. The van der Waals surface area contributed by atoms with E-state index in [2.05, 4.69) is 34.1 Å². The highest BCUT2D eigenvalue weighted by Crippen LogP contribution is 2.30. The van der Waals surface area contributed by atoms with Crippen LogP contribution < -0.4 is 15.8 Å². The minimum Gasteiger partial charge on any atom is -0.372 e. The van der Waals surface area contributed by atoms with Crippen molar-refractivity contribution in [2.24, 2.45) is 5.92 Å². The Balaban J connectivity index is 1.44. The van der Waals surface area contributed by atoms with Crippen molar-refractivity contribution in [3.63, 3.8) is 0 Å². The Bertz CT molecular complexity index is 789. The van der Waals surface area contributed by atoms with Crippen LogP contribution in [0.2, 0.25) is 5.02 Å². The molecule has 4 nitrogen and oxygen atoms in total. The van der Waals surface area contributed by atoms with Gasteiger partial charge in [0.25, 0.3) is 0 Å². The number of ether oxygens (including phenoxy) is 1. The van der Waals surface area contributed by atoms with Crippen molar-refractivity contribution in [3.8, 4) is 0 Å². The minimum absolute atomic E-state index is 0.275. The van der Waals surface area contributed by atoms with Crippen molar-refractivity contribution >= 4 is 17.3 Å². The van der Waals surface area contributed by atoms with E-state index in [4.69, 9.17) is 16.3 Å². The van der Waals surface area contributed by atoms with Gasteiger partial charge in [0, 0.05) is 6.20 Å². The molecule has 2 aromatic rings. The van der Waals surface area contributed by atoms with Crippen LogP contribution in [0.15, 0.2) is 66.4 Å². The van der Waals surface area contributed by atoms with Crippen molar-refractivity contribution in [2.45, 2.75) is 31.9 Å². The molecule has 4 rings (SSSR count). The van der Waals surface area contributed by atoms with Gasteiger partial charge in [-0.3, -0.25) is 5.01 Å². The zero-order valence-electron chi connectivity index (χ0n) is 16.1. The molecule has 2 atom stereocenters. The van der Waals surface area contributed by atoms with Crippen LogP contribution in [-0.2, 0) is 11.3 Å². The SMILES string of the molecule is Clc1ccccc1N1C=C(COCc2ccccc2)C(CC2CCCNC2)N1. The maximum Gasteiger partial charge on any atom is 0.0757 e. The molecule has 0 aromatic heterocycles. The predicted octanol–water partition coefficient (Wildman–Crippen LogP) is 4.52. The summed E-state index contributed by atoms with van der Waals surface area (Å²) in [7, 11) is 0. The lowest BCUT2D eigenvalue weighted by atomic mass is 9.90. The monoisotopic (exact) mass is 397 g/mol. The largest absolute Gasteiger partial charge is 0.372 e. The van der Waals surface area contributed by atoms with Crippen LogP contribution in [0.3, 0.4) is 0 Å². The fourth-order valence-electron chi connectivity index (χ4n) is 3.99. The number of nitrogens with one attached hydrogen (secondary N) is 2. The van der Waals surface area contributed by atoms with Gasteiger partial charge >= 0.3 is 0 Å². The van der Waals surface area contributed by atoms with Crippen molar-refractivity contribution in [1.29, 1.82) is 0 Å². The summed E-state index contributed by atoms with van der Waals surface area (Å²) >= 11 is 6.42. The van der Waals surface area contributed by atoms with Gasteiger partial charge < -0.3 is 10.1 Å². The Labute approximate surface area is 172 Å². The van der Waals surface area contributed by atoms with Crippen LogP contribution in [0.4, 0.5) is 5.69 Å². The molecule has 5 heteroatoms. The molecular weight excluding hydrogens is 370 g/mol. The van der Waals surface area contributed by atoms with E-state index in [1.807, 2.05) is 42.5 Å². The molecule has 2 aliphatic rings. The van der Waals surface area contributed by atoms with Gasteiger partial charge in [0.15, 0.2) is 0 Å². The van der Waals surface area contributed by atoms with Gasteiger partial charge in [-0.1, -0.05) is 54.1 Å². The molecule has 1 saturated heterocycles. The first-order valence-electron chi connectivity index (χ1n) is 10.1. The lowest BCUT2D eigenvalue weighted by Gasteiger charge is -2.28. The third-order valence-corrected chi connectivity index (χ3v) is 5.82. The second-order valence-corrected chi connectivity index (χ2v) is 8.04. The van der Waals surface area contributed by atoms with Crippen molar-refractivity contribution < 1.29 is 4.74 Å². The summed E-state index contributed by atoms with van der Waals surface area (Å²) < 4.78 is 6.05. The molecule has 0 amide bonds. The highest BCUT2D eigenvalue weighted by atomic mass is 35.5. The first-order chi connectivity index (χ1) is 13.8. The Morgan fingerprint density at radius 2 is 1.86 bits per heavy atom. The van der Waals surface area contributed by atoms with Crippen LogP contribution in [-0.4, -0.2) is 25.7 Å². The number of nitrogens with zero attached hydrogens (tertiary/aromatic N) is 1. The lowest BCUT2D eigenvalue weighted by molar-refractivity contribution is 0.137. The average molecular weight is 398 g/mol. The maximum absolute atomic E-state index is 6.42. The second kappa shape index (κ2) is 9.57. The summed E-state index contributed by atoms with van der Waals surface area (Å²) in [5.74, 6) is 0.690. The summed E-state index contributed by atoms with van der Waals surface area (Å²) in [6, 6.07) is 18.5. The Hall–Kier alpha value is -1.85. The predicted molar refractivity (Wildman–Crippen MR) is 115 cm³/mol. The first kappa shape index (κ1) is 19.5. The average Bonchev–Trinajstić information content (AvgIpc) is 3.12. The molecule has 0 spiro atoms. The van der Waals surface area contributed by atoms with Crippen LogP contribution in [0.25, 0.3) is 0 Å². The van der Waals surface area contributed by atoms with Gasteiger partial charge in [0.2, 0.25) is 0 Å². The normalized spacial score (nSPS) is 22.3. The van der Waals surface area contributed by atoms with Gasteiger partial charge in [-0.2, -0.15) is 0 Å². The van der Waals surface area contributed by atoms with Crippen LogP contribution >= 0.6 is 11.6 Å². The zero-order chi connectivity index (χ0) is 19.2. The zero-order valence-corrected chi connectivity index (χ0v) is 16.9. The number of anilines is 1. The number of rotatable bonds is 7. The van der Waals surface area contributed by atoms with E-state index in [0.29, 0.717) is 19.1 Å². The molecule has 148 valence electrons. The van der Waals surface area contributed by atoms with Crippen LogP contribution in [0, 0.1) is 5.92 Å². The smallest absolute Gasteiger partial charge is 0.0757 e. The molecule has 28 heavy (non-hydrogen) atoms. The summed E-state index contributed by atoms with van der Waals surface area (Å²) in [5.41, 5.74) is 7.10. The van der Waals surface area contributed by atoms with E-state index in [-0.39, 0.29) is 6.04 Å². The third-order valence-electron chi connectivity index (χ3n) is 5.50. The van der Waals surface area contributed by atoms with Crippen molar-refractivity contribution in [1.82, 2.24) is 10.7 Å². The summed E-state index contributed by atoms with van der Waals surface area (Å²) in [5, 5.41) is 6.33. The van der Waals surface area contributed by atoms with E-state index in [0.717, 1.165) is 30.2 Å². The highest BCUT2D eigenvalue weighted by Gasteiger charge is 2.28. The molecule has 2 aromatic carbocycles. The fourth-order valence-corrected chi connectivity index (χ4v) is 4.22. The molecule has 2 N–H and O–H groups in total. The molecule has 0 saturated carbocycles. The van der Waals surface area contributed by atoms with Crippen LogP contribution in [0.1, 0.15) is 24.8 Å². The highest BCUT2D eigenvalue weighted by molar-refractivity contribution is 6.33. The fraction of sp³-hybridized carbons (Fsp3) is 0.391. The van der Waals surface area contributed by atoms with E-state index >= 15 is 0 Å². The molecule has 0 radical (unpaired) electrons. The third kappa shape index (κ3) is 4.95. The summed E-state index contributed by atoms with van der Waals surface area (Å²) in [6.45, 7) is 3.49. The van der Waals surface area contributed by atoms with E-state index in [9.17, 15) is 0 Å². The number of hydrogen-bond acceptors (Lipinski definition) is 4. The standard InChI is InChI=1S/C23H28ClN3O/c24-21-10-4-5-11-23(21)27-15-20(17-28-16-18-7-2-1-3-8-18)22(26-27)13-19-9-6-12-25-14-19/h1-5,7-8,10-11,15,19,22,25-26H,6,9,12-14,16-17H2. The van der Waals surface area contributed by atoms with Crippen LogP contribution in [0.5, 0.6) is 0 Å². The first-order valence-corrected chi connectivity index (χ1v) is 10.5. The minimum atomic E-state index is 0.275. The Kier molecular flexibility index (Phi) is 6.65. The lowest BCUT2D eigenvalue weighted by Crippen LogP contribution is -2.40. The number of para-hydroxylation sites is 1. The van der Waals surface area contributed by atoms with Gasteiger partial charge in [0.1, 0.15) is 0 Å². The van der Waals surface area contributed by atoms with Crippen molar-refractivity contribution in [3.05, 3.63) is 77.0 Å². The topological polar surface area (TPSA) is 36.5 Å². The summed E-state index contributed by atoms with van der Waals surface area (Å²) in [4.78, 5) is 0. The molecule has 2 aliphatic heterocycles. The molecule has 1 fully saturated rings. The van der Waals surface area contributed by atoms with E-state index in [1.165, 1.54) is 24.0 Å². The Morgan fingerprint density at radius 3 is 2.64 bits per heavy atom. The maximum atomic E-state index is 6.42. The number of hydrazine groups is 1. The molecule has 2 heterocycles. The summed E-state index contributed by atoms with van der Waals surface area (Å²) in [6.07, 6.45) is 5.81. The molecule has 2 unspecified atom stereocenters. The number of halogens is 1.